The lowest BCUT2D eigenvalue weighted by Crippen LogP contribution is -2.55. The maximum absolute atomic E-state index is 12.5. The summed E-state index contributed by atoms with van der Waals surface area (Å²) in [5.74, 6) is -0.817. The quantitative estimate of drug-likeness (QED) is 0.801. The summed E-state index contributed by atoms with van der Waals surface area (Å²) < 4.78 is 0. The van der Waals surface area contributed by atoms with Crippen LogP contribution in [0.25, 0.3) is 0 Å². The second-order valence-corrected chi connectivity index (χ2v) is 5.51. The van der Waals surface area contributed by atoms with E-state index >= 15 is 0 Å². The van der Waals surface area contributed by atoms with Gasteiger partial charge in [0.05, 0.1) is 6.42 Å². The molecule has 1 unspecified atom stereocenters. The third-order valence-corrected chi connectivity index (χ3v) is 4.06. The zero-order valence-corrected chi connectivity index (χ0v) is 11.5. The van der Waals surface area contributed by atoms with Gasteiger partial charge in [0, 0.05) is 38.8 Å². The average Bonchev–Trinajstić information content (AvgIpc) is 2.39. The molecule has 1 N–H and O–H groups in total. The van der Waals surface area contributed by atoms with Crippen molar-refractivity contribution >= 4 is 12.0 Å². The number of piperidine rings is 1. The third-order valence-electron chi connectivity index (χ3n) is 4.06. The summed E-state index contributed by atoms with van der Waals surface area (Å²) in [6.07, 6.45) is 2.88. The van der Waals surface area contributed by atoms with Crippen molar-refractivity contribution in [1.29, 1.82) is 0 Å². The Kier molecular flexibility index (Phi) is 4.63. The third kappa shape index (κ3) is 3.59. The Morgan fingerprint density at radius 3 is 2.42 bits per heavy atom. The van der Waals surface area contributed by atoms with E-state index in [4.69, 9.17) is 5.11 Å². The minimum absolute atomic E-state index is 0.0269. The molecule has 0 bridgehead atoms. The molecule has 0 aromatic carbocycles. The molecule has 0 saturated carbocycles. The highest BCUT2D eigenvalue weighted by Crippen LogP contribution is 2.21. The molecule has 2 amide bonds. The van der Waals surface area contributed by atoms with Crippen LogP contribution in [0.2, 0.25) is 0 Å². The first-order valence-electron chi connectivity index (χ1n) is 7.04. The van der Waals surface area contributed by atoms with Crippen molar-refractivity contribution in [2.24, 2.45) is 0 Å². The summed E-state index contributed by atoms with van der Waals surface area (Å²) in [5.41, 5.74) is 0. The van der Waals surface area contributed by atoms with E-state index in [1.807, 2.05) is 4.90 Å². The molecule has 6 heteroatoms. The number of likely N-dealkylation sites (N-methyl/N-ethyl adjacent to an activating group) is 1. The molecule has 2 saturated heterocycles. The maximum atomic E-state index is 12.5. The molecular weight excluding hydrogens is 246 g/mol. The second kappa shape index (κ2) is 6.23. The maximum Gasteiger partial charge on any atom is 0.320 e. The summed E-state index contributed by atoms with van der Waals surface area (Å²) in [7, 11) is 2.05. The molecule has 0 aliphatic carbocycles. The summed E-state index contributed by atoms with van der Waals surface area (Å²) in [4.78, 5) is 29.2. The van der Waals surface area contributed by atoms with Crippen molar-refractivity contribution in [3.05, 3.63) is 0 Å². The fourth-order valence-electron chi connectivity index (χ4n) is 2.85. The van der Waals surface area contributed by atoms with Gasteiger partial charge < -0.3 is 19.8 Å². The molecule has 2 heterocycles. The summed E-state index contributed by atoms with van der Waals surface area (Å²) in [5, 5.41) is 8.95. The van der Waals surface area contributed by atoms with Crippen molar-refractivity contribution in [3.8, 4) is 0 Å². The zero-order chi connectivity index (χ0) is 13.8. The molecule has 0 aromatic rings. The van der Waals surface area contributed by atoms with Crippen LogP contribution in [0.5, 0.6) is 0 Å². The van der Waals surface area contributed by atoms with Crippen molar-refractivity contribution in [2.45, 2.75) is 31.7 Å². The van der Waals surface area contributed by atoms with Crippen LogP contribution in [-0.2, 0) is 4.79 Å². The molecular formula is C13H23N3O3. The van der Waals surface area contributed by atoms with Gasteiger partial charge in [-0.3, -0.25) is 4.79 Å². The predicted molar refractivity (Wildman–Crippen MR) is 71.1 cm³/mol. The number of piperazine rings is 1. The van der Waals surface area contributed by atoms with Crippen LogP contribution in [0.1, 0.15) is 25.7 Å². The first-order valence-corrected chi connectivity index (χ1v) is 7.04. The number of carboxylic acids is 1. The minimum Gasteiger partial charge on any atom is -0.481 e. The highest BCUT2D eigenvalue weighted by Gasteiger charge is 2.32. The molecule has 2 rings (SSSR count). The van der Waals surface area contributed by atoms with Crippen LogP contribution in [0.15, 0.2) is 0 Å². The molecule has 1 atom stereocenters. The topological polar surface area (TPSA) is 64.1 Å². The Hall–Kier alpha value is -1.30. The highest BCUT2D eigenvalue weighted by molar-refractivity contribution is 5.76. The van der Waals surface area contributed by atoms with Gasteiger partial charge in [-0.2, -0.15) is 0 Å². The SMILES string of the molecule is CN1CCN(C(=O)N2CCCCC2CC(=O)O)CC1. The lowest BCUT2D eigenvalue weighted by Gasteiger charge is -2.41. The molecule has 2 fully saturated rings. The largest absolute Gasteiger partial charge is 0.481 e. The van der Waals surface area contributed by atoms with Crippen molar-refractivity contribution in [1.82, 2.24) is 14.7 Å². The van der Waals surface area contributed by atoms with Gasteiger partial charge in [-0.1, -0.05) is 0 Å². The van der Waals surface area contributed by atoms with E-state index in [2.05, 4.69) is 11.9 Å². The van der Waals surface area contributed by atoms with Crippen molar-refractivity contribution < 1.29 is 14.7 Å². The number of likely N-dealkylation sites (tertiary alicyclic amines) is 1. The Morgan fingerprint density at radius 1 is 1.11 bits per heavy atom. The molecule has 2 aliphatic heterocycles. The van der Waals surface area contributed by atoms with Crippen molar-refractivity contribution in [3.63, 3.8) is 0 Å². The van der Waals surface area contributed by atoms with Crippen LogP contribution in [0.3, 0.4) is 0 Å². The Labute approximate surface area is 114 Å². The van der Waals surface area contributed by atoms with E-state index in [-0.39, 0.29) is 18.5 Å². The fourth-order valence-corrected chi connectivity index (χ4v) is 2.85. The Balaban J connectivity index is 1.96. The number of urea groups is 1. The number of hydrogen-bond acceptors (Lipinski definition) is 3. The summed E-state index contributed by atoms with van der Waals surface area (Å²) in [6.45, 7) is 3.97. The summed E-state index contributed by atoms with van der Waals surface area (Å²) in [6, 6.07) is -0.0996. The minimum atomic E-state index is -0.817. The van der Waals surface area contributed by atoms with Crippen molar-refractivity contribution in [2.75, 3.05) is 39.8 Å². The molecule has 0 radical (unpaired) electrons. The number of rotatable bonds is 2. The lowest BCUT2D eigenvalue weighted by atomic mass is 10.00. The van der Waals surface area contributed by atoms with Gasteiger partial charge in [-0.15, -0.1) is 0 Å². The van der Waals surface area contributed by atoms with E-state index in [1.54, 1.807) is 4.90 Å². The number of carbonyl (C=O) groups excluding carboxylic acids is 1. The van der Waals surface area contributed by atoms with Crippen LogP contribution < -0.4 is 0 Å². The molecule has 0 aromatic heterocycles. The zero-order valence-electron chi connectivity index (χ0n) is 11.5. The predicted octanol–water partition coefficient (Wildman–Crippen LogP) is 0.683. The van der Waals surface area contributed by atoms with E-state index < -0.39 is 5.97 Å². The smallest absolute Gasteiger partial charge is 0.320 e. The van der Waals surface area contributed by atoms with Crippen LogP contribution in [-0.4, -0.2) is 77.6 Å². The number of nitrogens with zero attached hydrogens (tertiary/aromatic N) is 3. The number of amides is 2. The van der Waals surface area contributed by atoms with Gasteiger partial charge in [-0.25, -0.2) is 4.79 Å². The van der Waals surface area contributed by atoms with Gasteiger partial charge >= 0.3 is 12.0 Å². The van der Waals surface area contributed by atoms with Crippen LogP contribution in [0, 0.1) is 0 Å². The molecule has 0 spiro atoms. The molecule has 6 nitrogen and oxygen atoms in total. The van der Waals surface area contributed by atoms with E-state index in [9.17, 15) is 9.59 Å². The molecule has 19 heavy (non-hydrogen) atoms. The van der Waals surface area contributed by atoms with E-state index in [1.165, 1.54) is 0 Å². The number of hydrogen-bond donors (Lipinski definition) is 1. The average molecular weight is 269 g/mol. The van der Waals surface area contributed by atoms with Crippen LogP contribution >= 0.6 is 0 Å². The number of carboxylic acid groups (broad SMARTS) is 1. The monoisotopic (exact) mass is 269 g/mol. The van der Waals surface area contributed by atoms with Gasteiger partial charge in [0.25, 0.3) is 0 Å². The van der Waals surface area contributed by atoms with E-state index in [0.29, 0.717) is 6.54 Å². The Morgan fingerprint density at radius 2 is 1.79 bits per heavy atom. The summed E-state index contributed by atoms with van der Waals surface area (Å²) >= 11 is 0. The highest BCUT2D eigenvalue weighted by atomic mass is 16.4. The number of aliphatic carboxylic acids is 1. The van der Waals surface area contributed by atoms with Gasteiger partial charge in [0.2, 0.25) is 0 Å². The first-order chi connectivity index (χ1) is 9.08. The normalized spacial score (nSPS) is 25.4. The number of carbonyl (C=O) groups is 2. The molecule has 2 aliphatic rings. The fraction of sp³-hybridized carbons (Fsp3) is 0.846. The molecule has 108 valence electrons. The van der Waals surface area contributed by atoms with Gasteiger partial charge in [-0.05, 0) is 26.3 Å². The Bertz CT molecular complexity index is 340. The van der Waals surface area contributed by atoms with Gasteiger partial charge in [0.15, 0.2) is 0 Å². The van der Waals surface area contributed by atoms with Gasteiger partial charge in [0.1, 0.15) is 0 Å². The first kappa shape index (κ1) is 14.1. The van der Waals surface area contributed by atoms with E-state index in [0.717, 1.165) is 45.4 Å². The second-order valence-electron chi connectivity index (χ2n) is 5.51. The van der Waals surface area contributed by atoms with Crippen LogP contribution in [0.4, 0.5) is 4.79 Å². The standard InChI is InChI=1S/C13H23N3O3/c1-14-6-8-15(9-7-14)13(19)16-5-3-2-4-11(16)10-12(17)18/h11H,2-10H2,1H3,(H,17,18). The lowest BCUT2D eigenvalue weighted by molar-refractivity contribution is -0.138.